The highest BCUT2D eigenvalue weighted by Gasteiger charge is 2.27. The van der Waals surface area contributed by atoms with Crippen molar-refractivity contribution in [2.75, 3.05) is 11.9 Å². The molecule has 7 heteroatoms. The maximum atomic E-state index is 13.2. The van der Waals surface area contributed by atoms with Crippen LogP contribution in [0, 0.1) is 0 Å². The molecule has 0 saturated carbocycles. The summed E-state index contributed by atoms with van der Waals surface area (Å²) in [5, 5.41) is 12.3. The minimum atomic E-state index is -0.0907. The molecule has 2 aromatic carbocycles. The normalized spacial score (nSPS) is 14.8. The van der Waals surface area contributed by atoms with Crippen LogP contribution in [0.3, 0.4) is 0 Å². The van der Waals surface area contributed by atoms with Crippen LogP contribution in [0.1, 0.15) is 17.8 Å². The number of anilines is 1. The van der Waals surface area contributed by atoms with Crippen molar-refractivity contribution in [2.24, 2.45) is 0 Å². The van der Waals surface area contributed by atoms with Gasteiger partial charge in [-0.2, -0.15) is 10.2 Å². The third-order valence-corrected chi connectivity index (χ3v) is 6.43. The predicted octanol–water partition coefficient (Wildman–Crippen LogP) is 4.41. The van der Waals surface area contributed by atoms with E-state index in [9.17, 15) is 4.79 Å². The highest BCUT2D eigenvalue weighted by atomic mass is 16.2. The smallest absolute Gasteiger partial charge is 0.317 e. The Morgan fingerprint density at radius 3 is 2.34 bits per heavy atom. The number of aryl methyl sites for hydroxylation is 1. The van der Waals surface area contributed by atoms with Gasteiger partial charge in [-0.05, 0) is 24.5 Å². The Labute approximate surface area is 186 Å². The highest BCUT2D eigenvalue weighted by Crippen LogP contribution is 2.33. The first-order chi connectivity index (χ1) is 15.8. The molecule has 1 N–H and O–H groups in total. The summed E-state index contributed by atoms with van der Waals surface area (Å²) in [6.45, 7) is 2.82. The Kier molecular flexibility index (Phi) is 4.52. The van der Waals surface area contributed by atoms with Crippen LogP contribution in [-0.2, 0) is 26.1 Å². The number of amides is 2. The number of benzene rings is 2. The van der Waals surface area contributed by atoms with Crippen molar-refractivity contribution in [2.45, 2.75) is 32.5 Å². The van der Waals surface area contributed by atoms with Gasteiger partial charge in [-0.1, -0.05) is 48.5 Å². The molecule has 0 spiro atoms. The molecule has 0 saturated heterocycles. The summed E-state index contributed by atoms with van der Waals surface area (Å²) < 4.78 is 4.11. The molecule has 2 aliphatic heterocycles. The number of aromatic nitrogens is 4. The number of fused-ring (bicyclic) bond motifs is 2. The van der Waals surface area contributed by atoms with Gasteiger partial charge in [-0.3, -0.25) is 9.36 Å². The highest BCUT2D eigenvalue weighted by molar-refractivity contribution is 5.94. The molecule has 7 nitrogen and oxygen atoms in total. The molecule has 2 amide bonds. The summed E-state index contributed by atoms with van der Waals surface area (Å²) >= 11 is 0. The molecule has 0 aliphatic carbocycles. The van der Waals surface area contributed by atoms with E-state index in [0.717, 1.165) is 53.0 Å². The molecular weight excluding hydrogens is 400 g/mol. The fraction of sp³-hybridized carbons (Fsp3) is 0.240. The van der Waals surface area contributed by atoms with Gasteiger partial charge in [0.1, 0.15) is 0 Å². The molecule has 2 aliphatic rings. The van der Waals surface area contributed by atoms with Gasteiger partial charge in [0.15, 0.2) is 0 Å². The fourth-order valence-electron chi connectivity index (χ4n) is 4.79. The SMILES string of the molecule is O=C(Nc1ccccc1-c1ccccc1)N1CCn2ncc(-c3cnn4c3CCC4)c2C1. The number of nitrogens with zero attached hydrogens (tertiary/aromatic N) is 5. The second-order valence-corrected chi connectivity index (χ2v) is 8.32. The largest absolute Gasteiger partial charge is 0.322 e. The van der Waals surface area contributed by atoms with Crippen LogP contribution in [0.4, 0.5) is 10.5 Å². The average molecular weight is 425 g/mol. The minimum Gasteiger partial charge on any atom is -0.317 e. The van der Waals surface area contributed by atoms with E-state index in [2.05, 4.69) is 32.3 Å². The van der Waals surface area contributed by atoms with Crippen molar-refractivity contribution < 1.29 is 4.79 Å². The number of carbonyl (C=O) groups excluding carboxylic acids is 1. The summed E-state index contributed by atoms with van der Waals surface area (Å²) in [5.41, 5.74) is 7.51. The second-order valence-electron chi connectivity index (χ2n) is 8.32. The van der Waals surface area contributed by atoms with E-state index in [-0.39, 0.29) is 6.03 Å². The number of urea groups is 1. The van der Waals surface area contributed by atoms with Crippen LogP contribution in [0.25, 0.3) is 22.3 Å². The summed E-state index contributed by atoms with van der Waals surface area (Å²) in [5.74, 6) is 0. The number of hydrogen-bond donors (Lipinski definition) is 1. The molecule has 6 rings (SSSR count). The van der Waals surface area contributed by atoms with Crippen molar-refractivity contribution >= 4 is 11.7 Å². The third-order valence-electron chi connectivity index (χ3n) is 6.43. The van der Waals surface area contributed by atoms with Crippen molar-refractivity contribution in [1.82, 2.24) is 24.5 Å². The van der Waals surface area contributed by atoms with E-state index in [1.807, 2.05) is 64.4 Å². The van der Waals surface area contributed by atoms with Crippen LogP contribution in [0.2, 0.25) is 0 Å². The van der Waals surface area contributed by atoms with E-state index in [0.29, 0.717) is 19.6 Å². The van der Waals surface area contributed by atoms with E-state index in [4.69, 9.17) is 0 Å². The molecule has 0 bridgehead atoms. The van der Waals surface area contributed by atoms with Gasteiger partial charge in [-0.15, -0.1) is 0 Å². The Balaban J connectivity index is 1.25. The number of rotatable bonds is 3. The zero-order chi connectivity index (χ0) is 21.5. The standard InChI is InChI=1S/C25H24N6O/c32-25(28-22-10-5-4-9-19(22)18-7-2-1-3-8-18)29-13-14-31-24(17-29)21(16-27-31)20-15-26-30-12-6-11-23(20)30/h1-5,7-10,15-16H,6,11-14,17H2,(H,28,32). The van der Waals surface area contributed by atoms with Gasteiger partial charge in [0.05, 0.1) is 36.9 Å². The number of carbonyl (C=O) groups is 1. The summed E-state index contributed by atoms with van der Waals surface area (Å²) in [6, 6.07) is 18.0. The first-order valence-electron chi connectivity index (χ1n) is 11.1. The zero-order valence-corrected chi connectivity index (χ0v) is 17.7. The van der Waals surface area contributed by atoms with Gasteiger partial charge in [-0.25, -0.2) is 4.79 Å². The Morgan fingerprint density at radius 1 is 0.781 bits per heavy atom. The zero-order valence-electron chi connectivity index (χ0n) is 17.7. The van der Waals surface area contributed by atoms with E-state index >= 15 is 0 Å². The second kappa shape index (κ2) is 7.67. The molecule has 0 atom stereocenters. The van der Waals surface area contributed by atoms with Crippen LogP contribution < -0.4 is 5.32 Å². The van der Waals surface area contributed by atoms with E-state index < -0.39 is 0 Å². The lowest BCUT2D eigenvalue weighted by atomic mass is 10.0. The molecule has 160 valence electrons. The van der Waals surface area contributed by atoms with Crippen LogP contribution in [-0.4, -0.2) is 37.0 Å². The molecule has 0 fully saturated rings. The first kappa shape index (κ1) is 18.9. The maximum absolute atomic E-state index is 13.2. The molecular formula is C25H24N6O. The Morgan fingerprint density at radius 2 is 1.50 bits per heavy atom. The lowest BCUT2D eigenvalue weighted by molar-refractivity contribution is 0.194. The number of hydrogen-bond acceptors (Lipinski definition) is 3. The third kappa shape index (κ3) is 3.17. The van der Waals surface area contributed by atoms with Crippen molar-refractivity contribution in [3.05, 3.63) is 78.4 Å². The lowest BCUT2D eigenvalue weighted by Gasteiger charge is -2.29. The average Bonchev–Trinajstić information content (AvgIpc) is 3.55. The van der Waals surface area contributed by atoms with Crippen molar-refractivity contribution in [3.8, 4) is 22.3 Å². The topological polar surface area (TPSA) is 68.0 Å². The number of para-hydroxylation sites is 1. The minimum absolute atomic E-state index is 0.0907. The summed E-state index contributed by atoms with van der Waals surface area (Å²) in [6.07, 6.45) is 6.05. The Hall–Kier alpha value is -3.87. The van der Waals surface area contributed by atoms with Gasteiger partial charge in [0.2, 0.25) is 0 Å². The quantitative estimate of drug-likeness (QED) is 0.530. The molecule has 4 aromatic rings. The summed E-state index contributed by atoms with van der Waals surface area (Å²) in [4.78, 5) is 15.1. The lowest BCUT2D eigenvalue weighted by Crippen LogP contribution is -2.41. The monoisotopic (exact) mass is 424 g/mol. The van der Waals surface area contributed by atoms with Crippen molar-refractivity contribution in [1.29, 1.82) is 0 Å². The molecule has 32 heavy (non-hydrogen) atoms. The first-order valence-corrected chi connectivity index (χ1v) is 11.1. The van der Waals surface area contributed by atoms with Gasteiger partial charge >= 0.3 is 6.03 Å². The van der Waals surface area contributed by atoms with Gasteiger partial charge < -0.3 is 10.2 Å². The molecule has 4 heterocycles. The van der Waals surface area contributed by atoms with Crippen LogP contribution in [0.5, 0.6) is 0 Å². The van der Waals surface area contributed by atoms with E-state index in [1.165, 1.54) is 5.69 Å². The Bertz CT molecular complexity index is 1290. The van der Waals surface area contributed by atoms with Gasteiger partial charge in [0.25, 0.3) is 0 Å². The molecule has 0 unspecified atom stereocenters. The number of nitrogens with one attached hydrogen (secondary N) is 1. The maximum Gasteiger partial charge on any atom is 0.322 e. The van der Waals surface area contributed by atoms with Gasteiger partial charge in [0, 0.05) is 35.5 Å². The summed E-state index contributed by atoms with van der Waals surface area (Å²) in [7, 11) is 0. The van der Waals surface area contributed by atoms with Crippen LogP contribution in [0.15, 0.2) is 67.0 Å². The van der Waals surface area contributed by atoms with Crippen LogP contribution >= 0.6 is 0 Å². The van der Waals surface area contributed by atoms with E-state index in [1.54, 1.807) is 0 Å². The molecule has 0 radical (unpaired) electrons. The predicted molar refractivity (Wildman–Crippen MR) is 123 cm³/mol. The fourth-order valence-corrected chi connectivity index (χ4v) is 4.79. The van der Waals surface area contributed by atoms with Crippen molar-refractivity contribution in [3.63, 3.8) is 0 Å². The molecule has 2 aromatic heterocycles.